The first-order valence-electron chi connectivity index (χ1n) is 5.93. The van der Waals surface area contributed by atoms with E-state index in [2.05, 4.69) is 4.90 Å². The van der Waals surface area contributed by atoms with Gasteiger partial charge in [0.25, 0.3) is 0 Å². The van der Waals surface area contributed by atoms with E-state index in [-0.39, 0.29) is 5.97 Å². The summed E-state index contributed by atoms with van der Waals surface area (Å²) in [5.41, 5.74) is 7.20. The van der Waals surface area contributed by atoms with E-state index in [1.54, 1.807) is 18.2 Å². The van der Waals surface area contributed by atoms with Crippen LogP contribution >= 0.6 is 0 Å². The van der Waals surface area contributed by atoms with Gasteiger partial charge in [0.1, 0.15) is 0 Å². The minimum absolute atomic E-state index is 0.323. The van der Waals surface area contributed by atoms with Crippen LogP contribution in [-0.2, 0) is 9.53 Å². The van der Waals surface area contributed by atoms with Gasteiger partial charge in [0.15, 0.2) is 0 Å². The van der Waals surface area contributed by atoms with E-state index in [0.717, 1.165) is 18.5 Å². The van der Waals surface area contributed by atoms with Crippen LogP contribution in [0.4, 0.5) is 5.69 Å². The molecular formula is C14H20N2O2. The molecule has 4 heteroatoms. The van der Waals surface area contributed by atoms with Crippen LogP contribution in [0.1, 0.15) is 12.0 Å². The second-order valence-corrected chi connectivity index (χ2v) is 4.33. The van der Waals surface area contributed by atoms with Crippen LogP contribution in [0.15, 0.2) is 30.3 Å². The van der Waals surface area contributed by atoms with Crippen LogP contribution in [0.25, 0.3) is 6.08 Å². The average molecular weight is 248 g/mol. The highest BCUT2D eigenvalue weighted by Crippen LogP contribution is 2.08. The third-order valence-electron chi connectivity index (χ3n) is 2.32. The van der Waals surface area contributed by atoms with Gasteiger partial charge in [-0.2, -0.15) is 0 Å². The Bertz CT molecular complexity index is 414. The first kappa shape index (κ1) is 14.3. The van der Waals surface area contributed by atoms with Gasteiger partial charge in [-0.15, -0.1) is 0 Å². The van der Waals surface area contributed by atoms with E-state index in [4.69, 9.17) is 10.5 Å². The largest absolute Gasteiger partial charge is 0.462 e. The summed E-state index contributed by atoms with van der Waals surface area (Å²) in [5.74, 6) is -0.323. The fourth-order valence-electron chi connectivity index (χ4n) is 1.43. The second kappa shape index (κ2) is 7.50. The number of nitrogens with two attached hydrogens (primary N) is 1. The lowest BCUT2D eigenvalue weighted by atomic mass is 10.2. The highest BCUT2D eigenvalue weighted by atomic mass is 16.5. The van der Waals surface area contributed by atoms with Crippen molar-refractivity contribution in [2.24, 2.45) is 0 Å². The molecule has 0 saturated heterocycles. The van der Waals surface area contributed by atoms with E-state index in [0.29, 0.717) is 12.3 Å². The molecule has 0 aliphatic heterocycles. The molecule has 0 fully saturated rings. The molecule has 0 radical (unpaired) electrons. The van der Waals surface area contributed by atoms with Crippen LogP contribution in [0.2, 0.25) is 0 Å². The molecule has 0 saturated carbocycles. The molecule has 1 rings (SSSR count). The summed E-state index contributed by atoms with van der Waals surface area (Å²) in [6.45, 7) is 1.35. The number of hydrogen-bond acceptors (Lipinski definition) is 4. The number of carbonyl (C=O) groups is 1. The molecule has 1 aromatic carbocycles. The van der Waals surface area contributed by atoms with E-state index >= 15 is 0 Å². The standard InChI is InChI=1S/C14H20N2O2/c1-16(2)9-4-10-18-14(17)8-7-12-5-3-6-13(15)11-12/h3,5-8,11H,4,9-10,15H2,1-2H3/b8-7+. The molecule has 0 aliphatic carbocycles. The highest BCUT2D eigenvalue weighted by molar-refractivity contribution is 5.87. The second-order valence-electron chi connectivity index (χ2n) is 4.33. The van der Waals surface area contributed by atoms with E-state index < -0.39 is 0 Å². The zero-order chi connectivity index (χ0) is 13.4. The Kier molecular flexibility index (Phi) is 5.94. The molecule has 0 bridgehead atoms. The third-order valence-corrected chi connectivity index (χ3v) is 2.32. The van der Waals surface area contributed by atoms with Crippen molar-refractivity contribution >= 4 is 17.7 Å². The third kappa shape index (κ3) is 6.06. The topological polar surface area (TPSA) is 55.6 Å². The van der Waals surface area contributed by atoms with Crippen LogP contribution in [0.5, 0.6) is 0 Å². The lowest BCUT2D eigenvalue weighted by Gasteiger charge is -2.08. The van der Waals surface area contributed by atoms with Crippen molar-refractivity contribution in [2.75, 3.05) is 33.0 Å². The van der Waals surface area contributed by atoms with Crippen molar-refractivity contribution < 1.29 is 9.53 Å². The Morgan fingerprint density at radius 1 is 1.44 bits per heavy atom. The molecule has 18 heavy (non-hydrogen) atoms. The lowest BCUT2D eigenvalue weighted by molar-refractivity contribution is -0.137. The van der Waals surface area contributed by atoms with Crippen LogP contribution < -0.4 is 5.73 Å². The van der Waals surface area contributed by atoms with Gasteiger partial charge in [0.2, 0.25) is 0 Å². The summed E-state index contributed by atoms with van der Waals surface area (Å²) < 4.78 is 5.06. The molecule has 1 aromatic rings. The number of anilines is 1. The SMILES string of the molecule is CN(C)CCCOC(=O)/C=C/c1cccc(N)c1. The molecular weight excluding hydrogens is 228 g/mol. The predicted octanol–water partition coefficient (Wildman–Crippen LogP) is 1.78. The first-order chi connectivity index (χ1) is 8.58. The van der Waals surface area contributed by atoms with Crippen molar-refractivity contribution in [3.05, 3.63) is 35.9 Å². The maximum atomic E-state index is 11.4. The Balaban J connectivity index is 2.31. The molecule has 2 N–H and O–H groups in total. The Morgan fingerprint density at radius 3 is 2.89 bits per heavy atom. The molecule has 0 spiro atoms. The van der Waals surface area contributed by atoms with Crippen molar-refractivity contribution in [1.82, 2.24) is 4.90 Å². The summed E-state index contributed by atoms with van der Waals surface area (Å²) in [5, 5.41) is 0. The normalized spacial score (nSPS) is 11.1. The van der Waals surface area contributed by atoms with Gasteiger partial charge in [-0.05, 0) is 44.3 Å². The lowest BCUT2D eigenvalue weighted by Crippen LogP contribution is -2.15. The maximum absolute atomic E-state index is 11.4. The number of esters is 1. The van der Waals surface area contributed by atoms with Gasteiger partial charge < -0.3 is 15.4 Å². The van der Waals surface area contributed by atoms with Gasteiger partial charge in [-0.3, -0.25) is 0 Å². The number of nitrogens with zero attached hydrogens (tertiary/aromatic N) is 1. The van der Waals surface area contributed by atoms with Gasteiger partial charge in [-0.25, -0.2) is 4.79 Å². The van der Waals surface area contributed by atoms with E-state index in [1.165, 1.54) is 6.08 Å². The molecule has 0 aliphatic rings. The molecule has 0 aromatic heterocycles. The number of nitrogen functional groups attached to an aromatic ring is 1. The molecule has 98 valence electrons. The average Bonchev–Trinajstić information content (AvgIpc) is 2.32. The molecule has 0 heterocycles. The zero-order valence-electron chi connectivity index (χ0n) is 10.9. The smallest absolute Gasteiger partial charge is 0.330 e. The molecule has 4 nitrogen and oxygen atoms in total. The number of rotatable bonds is 6. The van der Waals surface area contributed by atoms with Gasteiger partial charge in [0.05, 0.1) is 6.61 Å². The van der Waals surface area contributed by atoms with Gasteiger partial charge in [0, 0.05) is 18.3 Å². The van der Waals surface area contributed by atoms with Crippen LogP contribution in [0.3, 0.4) is 0 Å². The molecule has 0 atom stereocenters. The van der Waals surface area contributed by atoms with Crippen LogP contribution in [-0.4, -0.2) is 38.1 Å². The number of benzene rings is 1. The predicted molar refractivity (Wildman–Crippen MR) is 74.0 cm³/mol. The summed E-state index contributed by atoms with van der Waals surface area (Å²) >= 11 is 0. The molecule has 0 amide bonds. The van der Waals surface area contributed by atoms with Crippen molar-refractivity contribution in [3.8, 4) is 0 Å². The summed E-state index contributed by atoms with van der Waals surface area (Å²) in [4.78, 5) is 13.4. The fraction of sp³-hybridized carbons (Fsp3) is 0.357. The summed E-state index contributed by atoms with van der Waals surface area (Å²) in [6, 6.07) is 7.33. The monoisotopic (exact) mass is 248 g/mol. The number of ether oxygens (including phenoxy) is 1. The van der Waals surface area contributed by atoms with Crippen LogP contribution in [0, 0.1) is 0 Å². The van der Waals surface area contributed by atoms with Crippen molar-refractivity contribution in [1.29, 1.82) is 0 Å². The number of carbonyl (C=O) groups excluding carboxylic acids is 1. The fourth-order valence-corrected chi connectivity index (χ4v) is 1.43. The number of hydrogen-bond donors (Lipinski definition) is 1. The maximum Gasteiger partial charge on any atom is 0.330 e. The Morgan fingerprint density at radius 2 is 2.22 bits per heavy atom. The van der Waals surface area contributed by atoms with Gasteiger partial charge in [-0.1, -0.05) is 12.1 Å². The quantitative estimate of drug-likeness (QED) is 0.361. The first-order valence-corrected chi connectivity index (χ1v) is 5.93. The highest BCUT2D eigenvalue weighted by Gasteiger charge is 1.97. The minimum atomic E-state index is -0.323. The van der Waals surface area contributed by atoms with Gasteiger partial charge >= 0.3 is 5.97 Å². The van der Waals surface area contributed by atoms with E-state index in [9.17, 15) is 4.79 Å². The minimum Gasteiger partial charge on any atom is -0.462 e. The molecule has 0 unspecified atom stereocenters. The summed E-state index contributed by atoms with van der Waals surface area (Å²) in [6.07, 6.45) is 3.96. The van der Waals surface area contributed by atoms with Crippen molar-refractivity contribution in [2.45, 2.75) is 6.42 Å². The Labute approximate surface area is 108 Å². The van der Waals surface area contributed by atoms with Crippen molar-refractivity contribution in [3.63, 3.8) is 0 Å². The summed E-state index contributed by atoms with van der Waals surface area (Å²) in [7, 11) is 3.98. The zero-order valence-corrected chi connectivity index (χ0v) is 10.9. The Hall–Kier alpha value is -1.81. The van der Waals surface area contributed by atoms with E-state index in [1.807, 2.05) is 26.2 Å².